The van der Waals surface area contributed by atoms with Crippen molar-refractivity contribution in [2.75, 3.05) is 26.2 Å². The number of ether oxygens (including phenoxy) is 2. The average molecular weight is 608 g/mol. The van der Waals surface area contributed by atoms with Gasteiger partial charge in [-0.05, 0) is 88.4 Å². The van der Waals surface area contributed by atoms with E-state index < -0.39 is 33.7 Å². The summed E-state index contributed by atoms with van der Waals surface area (Å²) in [6.45, 7) is 7.10. The van der Waals surface area contributed by atoms with Crippen molar-refractivity contribution in [2.45, 2.75) is 76.0 Å². The standard InChI is InChI=1S/C29H38ClN3O7S/c1-5-39-27(35)25-18-32(41(37,38)24-13-9-20-16-22(30)10-6-21(20)17-24)14-15-33(25)26(34)19-7-11-23(12-8-19)31-28(36)40-29(2,3)4/h6,9-10,13,16-17,19,23,25H,5,7-8,11-12,14-15,18H2,1-4H3,(H,31,36). The Kier molecular flexibility index (Phi) is 9.50. The number of carbonyl (C=O) groups is 3. The molecule has 2 amide bonds. The summed E-state index contributed by atoms with van der Waals surface area (Å²) < 4.78 is 39.1. The third kappa shape index (κ3) is 7.50. The number of benzene rings is 2. The SMILES string of the molecule is CCOC(=O)C1CN(S(=O)(=O)c2ccc3cc(Cl)ccc3c2)CCN1C(=O)C1CCC(NC(=O)OC(C)(C)C)CC1. The number of sulfonamides is 1. The Labute approximate surface area is 246 Å². The number of fused-ring (bicyclic) bond motifs is 1. The first-order valence-corrected chi connectivity index (χ1v) is 15.8. The molecule has 12 heteroatoms. The van der Waals surface area contributed by atoms with Crippen molar-refractivity contribution >= 4 is 50.4 Å². The van der Waals surface area contributed by atoms with Crippen LogP contribution in [0.25, 0.3) is 10.8 Å². The third-order valence-electron chi connectivity index (χ3n) is 7.39. The van der Waals surface area contributed by atoms with E-state index in [1.165, 1.54) is 15.3 Å². The first-order valence-electron chi connectivity index (χ1n) is 13.9. The molecule has 1 heterocycles. The van der Waals surface area contributed by atoms with Crippen LogP contribution >= 0.6 is 11.6 Å². The molecule has 2 aromatic rings. The second kappa shape index (κ2) is 12.5. The van der Waals surface area contributed by atoms with E-state index in [-0.39, 0.29) is 49.0 Å². The van der Waals surface area contributed by atoms with Crippen molar-refractivity contribution in [3.63, 3.8) is 0 Å². The van der Waals surface area contributed by atoms with Crippen molar-refractivity contribution in [1.82, 2.24) is 14.5 Å². The molecular weight excluding hydrogens is 570 g/mol. The lowest BCUT2D eigenvalue weighted by Gasteiger charge is -2.41. The molecule has 10 nitrogen and oxygen atoms in total. The lowest BCUT2D eigenvalue weighted by atomic mass is 9.84. The van der Waals surface area contributed by atoms with Crippen LogP contribution in [0, 0.1) is 5.92 Å². The molecule has 1 saturated carbocycles. The van der Waals surface area contributed by atoms with E-state index in [1.807, 2.05) is 0 Å². The van der Waals surface area contributed by atoms with Crippen LogP contribution in [0.3, 0.4) is 0 Å². The zero-order chi connectivity index (χ0) is 29.9. The molecule has 1 atom stereocenters. The van der Waals surface area contributed by atoms with Gasteiger partial charge in [0.05, 0.1) is 11.5 Å². The van der Waals surface area contributed by atoms with Crippen LogP contribution in [0.4, 0.5) is 4.79 Å². The number of hydrogen-bond donors (Lipinski definition) is 1. The average Bonchev–Trinajstić information content (AvgIpc) is 2.91. The topological polar surface area (TPSA) is 122 Å². The number of rotatable bonds is 6. The van der Waals surface area contributed by atoms with E-state index in [0.29, 0.717) is 30.7 Å². The molecule has 0 radical (unpaired) electrons. The van der Waals surface area contributed by atoms with Gasteiger partial charge in [-0.3, -0.25) is 4.79 Å². The predicted octanol–water partition coefficient (Wildman–Crippen LogP) is 4.34. The van der Waals surface area contributed by atoms with Crippen LogP contribution < -0.4 is 5.32 Å². The molecule has 1 aliphatic heterocycles. The second-order valence-corrected chi connectivity index (χ2v) is 13.9. The van der Waals surface area contributed by atoms with Crippen molar-refractivity contribution in [3.8, 4) is 0 Å². The van der Waals surface area contributed by atoms with Gasteiger partial charge in [0.25, 0.3) is 0 Å². The van der Waals surface area contributed by atoms with Gasteiger partial charge in [0.2, 0.25) is 15.9 Å². The van der Waals surface area contributed by atoms with Gasteiger partial charge in [-0.2, -0.15) is 4.31 Å². The molecule has 1 unspecified atom stereocenters. The molecule has 1 saturated heterocycles. The fraction of sp³-hybridized carbons (Fsp3) is 0.552. The Morgan fingerprint density at radius 2 is 1.66 bits per heavy atom. The summed E-state index contributed by atoms with van der Waals surface area (Å²) >= 11 is 6.06. The van der Waals surface area contributed by atoms with E-state index in [1.54, 1.807) is 58.0 Å². The maximum Gasteiger partial charge on any atom is 0.407 e. The van der Waals surface area contributed by atoms with Gasteiger partial charge >= 0.3 is 12.1 Å². The van der Waals surface area contributed by atoms with E-state index in [4.69, 9.17) is 21.1 Å². The quantitative estimate of drug-likeness (QED) is 0.485. The van der Waals surface area contributed by atoms with Crippen LogP contribution in [0.2, 0.25) is 5.02 Å². The third-order valence-corrected chi connectivity index (χ3v) is 9.49. The Hall–Kier alpha value is -2.89. The first kappa shape index (κ1) is 31.1. The number of nitrogens with one attached hydrogen (secondary N) is 1. The minimum absolute atomic E-state index is 0.0537. The van der Waals surface area contributed by atoms with Gasteiger partial charge < -0.3 is 19.7 Å². The van der Waals surface area contributed by atoms with E-state index in [9.17, 15) is 22.8 Å². The minimum Gasteiger partial charge on any atom is -0.464 e. The van der Waals surface area contributed by atoms with Crippen molar-refractivity contribution < 1.29 is 32.3 Å². The molecule has 41 heavy (non-hydrogen) atoms. The molecule has 0 spiro atoms. The molecule has 0 aromatic heterocycles. The molecule has 0 bridgehead atoms. The Morgan fingerprint density at radius 1 is 1.00 bits per heavy atom. The zero-order valence-electron chi connectivity index (χ0n) is 23.9. The fourth-order valence-electron chi connectivity index (χ4n) is 5.38. The van der Waals surface area contributed by atoms with Crippen LogP contribution in [0.1, 0.15) is 53.4 Å². The smallest absolute Gasteiger partial charge is 0.407 e. The summed E-state index contributed by atoms with van der Waals surface area (Å²) in [4.78, 5) is 40.3. The van der Waals surface area contributed by atoms with Gasteiger partial charge in [-0.25, -0.2) is 18.0 Å². The molecule has 2 fully saturated rings. The number of piperazine rings is 1. The Morgan fingerprint density at radius 3 is 2.32 bits per heavy atom. The number of nitrogens with zero attached hydrogens (tertiary/aromatic N) is 2. The highest BCUT2D eigenvalue weighted by Crippen LogP contribution is 2.30. The summed E-state index contributed by atoms with van der Waals surface area (Å²) in [6, 6.07) is 8.86. The van der Waals surface area contributed by atoms with E-state index in [0.717, 1.165) is 10.8 Å². The molecule has 1 N–H and O–H groups in total. The molecule has 4 rings (SSSR count). The number of alkyl carbamates (subject to hydrolysis) is 1. The van der Waals surface area contributed by atoms with Gasteiger partial charge in [0.15, 0.2) is 0 Å². The summed E-state index contributed by atoms with van der Waals surface area (Å²) in [6.07, 6.45) is 1.79. The summed E-state index contributed by atoms with van der Waals surface area (Å²) in [7, 11) is -3.95. The molecule has 2 aliphatic rings. The van der Waals surface area contributed by atoms with E-state index in [2.05, 4.69) is 5.32 Å². The molecular formula is C29H38ClN3O7S. The van der Waals surface area contributed by atoms with Gasteiger partial charge in [-0.1, -0.05) is 23.7 Å². The summed E-state index contributed by atoms with van der Waals surface area (Å²) in [5.74, 6) is -1.16. The first-order chi connectivity index (χ1) is 19.3. The van der Waals surface area contributed by atoms with E-state index >= 15 is 0 Å². The minimum atomic E-state index is -3.95. The number of halogens is 1. The fourth-order valence-corrected chi connectivity index (χ4v) is 7.03. The largest absolute Gasteiger partial charge is 0.464 e. The highest BCUT2D eigenvalue weighted by Gasteiger charge is 2.43. The lowest BCUT2D eigenvalue weighted by Crippen LogP contribution is -2.60. The highest BCUT2D eigenvalue weighted by molar-refractivity contribution is 7.89. The van der Waals surface area contributed by atoms with Crippen LogP contribution in [-0.2, 0) is 29.1 Å². The van der Waals surface area contributed by atoms with Gasteiger partial charge in [0.1, 0.15) is 11.6 Å². The number of hydrogen-bond acceptors (Lipinski definition) is 7. The molecule has 224 valence electrons. The molecule has 1 aliphatic carbocycles. The number of amides is 2. The molecule has 2 aromatic carbocycles. The summed E-state index contributed by atoms with van der Waals surface area (Å²) in [5.41, 5.74) is -0.600. The summed E-state index contributed by atoms with van der Waals surface area (Å²) in [5, 5.41) is 4.96. The van der Waals surface area contributed by atoms with Crippen molar-refractivity contribution in [3.05, 3.63) is 41.4 Å². The maximum absolute atomic E-state index is 13.6. The lowest BCUT2D eigenvalue weighted by molar-refractivity contribution is -0.159. The van der Waals surface area contributed by atoms with Gasteiger partial charge in [0, 0.05) is 36.6 Å². The van der Waals surface area contributed by atoms with Crippen molar-refractivity contribution in [1.29, 1.82) is 0 Å². The monoisotopic (exact) mass is 607 g/mol. The van der Waals surface area contributed by atoms with Crippen LogP contribution in [0.15, 0.2) is 41.3 Å². The van der Waals surface area contributed by atoms with Crippen LogP contribution in [-0.4, -0.2) is 79.5 Å². The van der Waals surface area contributed by atoms with Crippen molar-refractivity contribution in [2.24, 2.45) is 5.92 Å². The maximum atomic E-state index is 13.6. The predicted molar refractivity (Wildman–Crippen MR) is 155 cm³/mol. The zero-order valence-corrected chi connectivity index (χ0v) is 25.5. The van der Waals surface area contributed by atoms with Crippen LogP contribution in [0.5, 0.6) is 0 Å². The number of carbonyl (C=O) groups excluding carboxylic acids is 3. The Bertz CT molecular complexity index is 1400. The Balaban J connectivity index is 1.45. The number of esters is 1. The second-order valence-electron chi connectivity index (χ2n) is 11.5. The normalized spacial score (nSPS) is 22.3. The highest BCUT2D eigenvalue weighted by atomic mass is 35.5. The van der Waals surface area contributed by atoms with Gasteiger partial charge in [-0.15, -0.1) is 0 Å².